The first kappa shape index (κ1) is 10.8. The van der Waals surface area contributed by atoms with Crippen LogP contribution in [0.5, 0.6) is 0 Å². The maximum atomic E-state index is 11.6. The first-order valence-electron chi connectivity index (χ1n) is 5.54. The molecule has 1 aromatic carbocycles. The van der Waals surface area contributed by atoms with Gasteiger partial charge in [0.05, 0.1) is 5.52 Å². The van der Waals surface area contributed by atoms with Gasteiger partial charge in [-0.25, -0.2) is 4.98 Å². The topological polar surface area (TPSA) is 30.0 Å². The molecule has 1 aromatic heterocycles. The maximum Gasteiger partial charge on any atom is 0.178 e. The van der Waals surface area contributed by atoms with Crippen molar-refractivity contribution in [2.24, 2.45) is 0 Å². The smallest absolute Gasteiger partial charge is 0.178 e. The van der Waals surface area contributed by atoms with Crippen LogP contribution in [-0.4, -0.2) is 10.8 Å². The van der Waals surface area contributed by atoms with Gasteiger partial charge in [-0.05, 0) is 30.5 Å². The minimum absolute atomic E-state index is 0.0469. The number of carbonyl (C=O) groups is 1. The molecule has 0 spiro atoms. The molecule has 0 unspecified atom stereocenters. The number of ketones is 1. The molecule has 0 radical (unpaired) electrons. The van der Waals surface area contributed by atoms with Crippen LogP contribution in [0, 0.1) is 6.92 Å². The van der Waals surface area contributed by atoms with Crippen LogP contribution in [-0.2, 0) is 6.42 Å². The Labute approximate surface area is 95.3 Å². The molecule has 0 aliphatic heterocycles. The maximum absolute atomic E-state index is 11.6. The highest BCUT2D eigenvalue weighted by Gasteiger charge is 2.13. The molecule has 0 N–H and O–H groups in total. The predicted molar refractivity (Wildman–Crippen MR) is 65.9 cm³/mol. The average Bonchev–Trinajstić information content (AvgIpc) is 2.29. The van der Waals surface area contributed by atoms with Gasteiger partial charge in [0.25, 0.3) is 0 Å². The van der Waals surface area contributed by atoms with Crippen molar-refractivity contribution in [1.29, 1.82) is 0 Å². The van der Waals surface area contributed by atoms with Crippen molar-refractivity contribution in [3.8, 4) is 0 Å². The van der Waals surface area contributed by atoms with Crippen molar-refractivity contribution >= 4 is 16.7 Å². The minimum Gasteiger partial charge on any atom is -0.293 e. The van der Waals surface area contributed by atoms with Gasteiger partial charge < -0.3 is 0 Å². The fourth-order valence-corrected chi connectivity index (χ4v) is 2.14. The van der Waals surface area contributed by atoms with E-state index in [1.807, 2.05) is 18.2 Å². The summed E-state index contributed by atoms with van der Waals surface area (Å²) in [6, 6.07) is 7.96. The van der Waals surface area contributed by atoms with Gasteiger partial charge in [-0.2, -0.15) is 0 Å². The molecule has 0 saturated carbocycles. The van der Waals surface area contributed by atoms with Crippen molar-refractivity contribution in [2.75, 3.05) is 0 Å². The molecular weight excluding hydrogens is 198 g/mol. The molecular formula is C14H15NO. The molecule has 2 rings (SSSR count). The molecule has 0 aliphatic rings. The highest BCUT2D eigenvalue weighted by molar-refractivity contribution is 5.97. The number of para-hydroxylation sites is 1. The normalized spacial score (nSPS) is 10.7. The second-order valence-electron chi connectivity index (χ2n) is 3.99. The molecule has 2 nitrogen and oxygen atoms in total. The number of hydrogen-bond acceptors (Lipinski definition) is 2. The lowest BCUT2D eigenvalue weighted by Gasteiger charge is -2.11. The summed E-state index contributed by atoms with van der Waals surface area (Å²) < 4.78 is 0. The SMILES string of the molecule is CCc1c(C(C)=O)nc2ccccc2c1C. The number of rotatable bonds is 2. The van der Waals surface area contributed by atoms with E-state index in [0.29, 0.717) is 5.69 Å². The average molecular weight is 213 g/mol. The third kappa shape index (κ3) is 1.60. The number of carbonyl (C=O) groups excluding carboxylic acids is 1. The quantitative estimate of drug-likeness (QED) is 0.716. The van der Waals surface area contributed by atoms with Crippen LogP contribution < -0.4 is 0 Å². The van der Waals surface area contributed by atoms with Gasteiger partial charge >= 0.3 is 0 Å². The number of hydrogen-bond donors (Lipinski definition) is 0. The standard InChI is InChI=1S/C14H15NO/c1-4-11-9(2)12-7-5-6-8-13(12)15-14(11)10(3)16/h5-8H,4H2,1-3H3. The van der Waals surface area contributed by atoms with Crippen LogP contribution in [0.3, 0.4) is 0 Å². The lowest BCUT2D eigenvalue weighted by Crippen LogP contribution is -2.05. The Morgan fingerprint density at radius 3 is 2.62 bits per heavy atom. The highest BCUT2D eigenvalue weighted by Crippen LogP contribution is 2.23. The van der Waals surface area contributed by atoms with Crippen LogP contribution in [0.1, 0.15) is 35.5 Å². The van der Waals surface area contributed by atoms with Crippen LogP contribution >= 0.6 is 0 Å². The first-order valence-corrected chi connectivity index (χ1v) is 5.54. The number of aromatic nitrogens is 1. The number of nitrogens with zero attached hydrogens (tertiary/aromatic N) is 1. The predicted octanol–water partition coefficient (Wildman–Crippen LogP) is 3.31. The second kappa shape index (κ2) is 4.05. The lowest BCUT2D eigenvalue weighted by molar-refractivity contribution is 0.101. The van der Waals surface area contributed by atoms with Crippen LogP contribution in [0.2, 0.25) is 0 Å². The molecule has 82 valence electrons. The molecule has 1 heterocycles. The summed E-state index contributed by atoms with van der Waals surface area (Å²) >= 11 is 0. The van der Waals surface area contributed by atoms with Gasteiger partial charge in [0.15, 0.2) is 5.78 Å². The van der Waals surface area contributed by atoms with Crippen molar-refractivity contribution in [3.05, 3.63) is 41.1 Å². The van der Waals surface area contributed by atoms with E-state index in [1.54, 1.807) is 6.92 Å². The Kier molecular flexibility index (Phi) is 2.73. The molecule has 0 atom stereocenters. The number of benzene rings is 1. The first-order chi connectivity index (χ1) is 7.65. The van der Waals surface area contributed by atoms with Crippen LogP contribution in [0.15, 0.2) is 24.3 Å². The Balaban J connectivity index is 2.87. The zero-order valence-electron chi connectivity index (χ0n) is 9.87. The van der Waals surface area contributed by atoms with Crippen molar-refractivity contribution in [1.82, 2.24) is 4.98 Å². The Bertz CT molecular complexity index is 558. The van der Waals surface area contributed by atoms with Crippen LogP contribution in [0.25, 0.3) is 10.9 Å². The van der Waals surface area contributed by atoms with E-state index in [4.69, 9.17) is 0 Å². The minimum atomic E-state index is 0.0469. The molecule has 0 fully saturated rings. The Hall–Kier alpha value is -1.70. The molecule has 2 aromatic rings. The summed E-state index contributed by atoms with van der Waals surface area (Å²) in [5, 5.41) is 1.14. The summed E-state index contributed by atoms with van der Waals surface area (Å²) in [5.41, 5.74) is 3.78. The summed E-state index contributed by atoms with van der Waals surface area (Å²) in [7, 11) is 0. The number of aryl methyl sites for hydroxylation is 1. The van der Waals surface area contributed by atoms with E-state index in [9.17, 15) is 4.79 Å². The molecule has 0 saturated heterocycles. The molecule has 16 heavy (non-hydrogen) atoms. The zero-order chi connectivity index (χ0) is 11.7. The third-order valence-electron chi connectivity index (χ3n) is 2.97. The molecule has 0 amide bonds. The molecule has 2 heteroatoms. The third-order valence-corrected chi connectivity index (χ3v) is 2.97. The van der Waals surface area contributed by atoms with E-state index in [2.05, 4.69) is 24.9 Å². The van der Waals surface area contributed by atoms with Crippen LogP contribution in [0.4, 0.5) is 0 Å². The van der Waals surface area contributed by atoms with E-state index in [-0.39, 0.29) is 5.78 Å². The van der Waals surface area contributed by atoms with Crippen molar-refractivity contribution in [3.63, 3.8) is 0 Å². The van der Waals surface area contributed by atoms with Gasteiger partial charge in [-0.3, -0.25) is 4.79 Å². The summed E-state index contributed by atoms with van der Waals surface area (Å²) in [6.07, 6.45) is 0.846. The van der Waals surface area contributed by atoms with Crippen molar-refractivity contribution < 1.29 is 4.79 Å². The highest BCUT2D eigenvalue weighted by atomic mass is 16.1. The Morgan fingerprint density at radius 2 is 2.00 bits per heavy atom. The van der Waals surface area contributed by atoms with Crippen molar-refractivity contribution in [2.45, 2.75) is 27.2 Å². The summed E-state index contributed by atoms with van der Waals surface area (Å²) in [6.45, 7) is 5.70. The van der Waals surface area contributed by atoms with E-state index < -0.39 is 0 Å². The van der Waals surface area contributed by atoms with Gasteiger partial charge in [0.2, 0.25) is 0 Å². The summed E-state index contributed by atoms with van der Waals surface area (Å²) in [5.74, 6) is 0.0469. The number of pyridine rings is 1. The number of Topliss-reactive ketones (excluding diaryl/α,β-unsaturated/α-hetero) is 1. The largest absolute Gasteiger partial charge is 0.293 e. The van der Waals surface area contributed by atoms with Gasteiger partial charge in [-0.1, -0.05) is 25.1 Å². The van der Waals surface area contributed by atoms with E-state index in [0.717, 1.165) is 22.9 Å². The monoisotopic (exact) mass is 213 g/mol. The molecule has 0 aliphatic carbocycles. The van der Waals surface area contributed by atoms with E-state index >= 15 is 0 Å². The second-order valence-corrected chi connectivity index (χ2v) is 3.99. The van der Waals surface area contributed by atoms with Gasteiger partial charge in [0, 0.05) is 12.3 Å². The fourth-order valence-electron chi connectivity index (χ4n) is 2.14. The zero-order valence-corrected chi connectivity index (χ0v) is 9.87. The van der Waals surface area contributed by atoms with Gasteiger partial charge in [-0.15, -0.1) is 0 Å². The van der Waals surface area contributed by atoms with E-state index in [1.165, 1.54) is 5.56 Å². The van der Waals surface area contributed by atoms with Gasteiger partial charge in [0.1, 0.15) is 5.69 Å². The summed E-state index contributed by atoms with van der Waals surface area (Å²) in [4.78, 5) is 16.0. The fraction of sp³-hybridized carbons (Fsp3) is 0.286. The number of fused-ring (bicyclic) bond motifs is 1. The lowest BCUT2D eigenvalue weighted by atomic mass is 9.98. The molecule has 0 bridgehead atoms. The Morgan fingerprint density at radius 1 is 1.31 bits per heavy atom.